The summed E-state index contributed by atoms with van der Waals surface area (Å²) in [4.78, 5) is 16.0. The fourth-order valence-corrected chi connectivity index (χ4v) is 1.83. The van der Waals surface area contributed by atoms with Crippen LogP contribution in [0.3, 0.4) is 0 Å². The van der Waals surface area contributed by atoms with E-state index in [1.807, 2.05) is 12.1 Å². The van der Waals surface area contributed by atoms with E-state index in [4.69, 9.17) is 0 Å². The molecule has 1 amide bonds. The second kappa shape index (κ2) is 5.07. The number of pyridine rings is 1. The minimum absolute atomic E-state index is 0.0225. The largest absolute Gasteiger partial charge is 0.309 e. The summed E-state index contributed by atoms with van der Waals surface area (Å²) in [5.74, 6) is 0.658. The van der Waals surface area contributed by atoms with Gasteiger partial charge in [-0.1, -0.05) is 13.0 Å². The van der Waals surface area contributed by atoms with Gasteiger partial charge in [0, 0.05) is 6.20 Å². The fourth-order valence-electron chi connectivity index (χ4n) is 1.83. The molecule has 2 heterocycles. The fraction of sp³-hybridized carbons (Fsp3) is 0.500. The molecule has 1 fully saturated rings. The van der Waals surface area contributed by atoms with Gasteiger partial charge in [0.05, 0.1) is 6.04 Å². The molecular weight excluding hydrogens is 202 g/mol. The molecular formula is C12H17N3O. The highest BCUT2D eigenvalue weighted by Gasteiger charge is 2.21. The predicted octanol–water partition coefficient (Wildman–Crippen LogP) is 1.33. The zero-order valence-corrected chi connectivity index (χ0v) is 9.49. The zero-order valence-electron chi connectivity index (χ0n) is 9.49. The van der Waals surface area contributed by atoms with Crippen LogP contribution in [0.5, 0.6) is 0 Å². The number of anilines is 1. The molecule has 0 unspecified atom stereocenters. The summed E-state index contributed by atoms with van der Waals surface area (Å²) in [5.41, 5.74) is 1.18. The van der Waals surface area contributed by atoms with Crippen LogP contribution in [0.2, 0.25) is 0 Å². The van der Waals surface area contributed by atoms with Crippen LogP contribution in [0.1, 0.15) is 25.3 Å². The Kier molecular flexibility index (Phi) is 3.51. The number of aryl methyl sites for hydroxylation is 1. The molecule has 0 saturated carbocycles. The van der Waals surface area contributed by atoms with Crippen molar-refractivity contribution in [2.75, 3.05) is 11.9 Å². The van der Waals surface area contributed by atoms with Gasteiger partial charge < -0.3 is 10.6 Å². The summed E-state index contributed by atoms with van der Waals surface area (Å²) >= 11 is 0. The highest BCUT2D eigenvalue weighted by molar-refractivity contribution is 5.94. The number of nitrogens with one attached hydrogen (secondary N) is 2. The molecule has 0 spiro atoms. The Labute approximate surface area is 95.5 Å². The molecule has 4 heteroatoms. The zero-order chi connectivity index (χ0) is 11.4. The van der Waals surface area contributed by atoms with Crippen LogP contribution in [0.4, 0.5) is 5.82 Å². The lowest BCUT2D eigenvalue weighted by Gasteiger charge is -2.10. The first-order valence-electron chi connectivity index (χ1n) is 5.79. The minimum atomic E-state index is -0.0485. The highest BCUT2D eigenvalue weighted by Crippen LogP contribution is 2.09. The van der Waals surface area contributed by atoms with Gasteiger partial charge in [-0.3, -0.25) is 4.79 Å². The lowest BCUT2D eigenvalue weighted by Crippen LogP contribution is -2.35. The molecule has 0 aliphatic carbocycles. The number of hydrogen-bond donors (Lipinski definition) is 2. The van der Waals surface area contributed by atoms with E-state index in [0.717, 1.165) is 25.8 Å². The van der Waals surface area contributed by atoms with E-state index in [-0.39, 0.29) is 11.9 Å². The third-order valence-corrected chi connectivity index (χ3v) is 2.86. The number of aromatic nitrogens is 1. The van der Waals surface area contributed by atoms with E-state index >= 15 is 0 Å². The smallest absolute Gasteiger partial charge is 0.242 e. The molecule has 1 aromatic rings. The molecule has 16 heavy (non-hydrogen) atoms. The lowest BCUT2D eigenvalue weighted by molar-refractivity contribution is -0.117. The van der Waals surface area contributed by atoms with Gasteiger partial charge in [0.25, 0.3) is 0 Å². The van der Waals surface area contributed by atoms with Crippen molar-refractivity contribution in [3.63, 3.8) is 0 Å². The molecule has 2 N–H and O–H groups in total. The molecule has 4 nitrogen and oxygen atoms in total. The van der Waals surface area contributed by atoms with Crippen LogP contribution < -0.4 is 10.6 Å². The van der Waals surface area contributed by atoms with E-state index in [2.05, 4.69) is 22.5 Å². The van der Waals surface area contributed by atoms with Crippen molar-refractivity contribution in [2.45, 2.75) is 32.2 Å². The average Bonchev–Trinajstić information content (AvgIpc) is 2.83. The van der Waals surface area contributed by atoms with Crippen LogP contribution in [0.15, 0.2) is 18.3 Å². The molecule has 1 aliphatic rings. The summed E-state index contributed by atoms with van der Waals surface area (Å²) < 4.78 is 0. The van der Waals surface area contributed by atoms with Crippen LogP contribution in [-0.4, -0.2) is 23.5 Å². The predicted molar refractivity (Wildman–Crippen MR) is 63.3 cm³/mol. The Morgan fingerprint density at radius 1 is 1.62 bits per heavy atom. The van der Waals surface area contributed by atoms with E-state index in [9.17, 15) is 4.79 Å². The van der Waals surface area contributed by atoms with Gasteiger partial charge in [-0.25, -0.2) is 4.98 Å². The number of hydrogen-bond acceptors (Lipinski definition) is 3. The molecule has 1 aliphatic heterocycles. The Morgan fingerprint density at radius 2 is 2.50 bits per heavy atom. The third-order valence-electron chi connectivity index (χ3n) is 2.86. The van der Waals surface area contributed by atoms with Crippen molar-refractivity contribution in [3.05, 3.63) is 23.9 Å². The van der Waals surface area contributed by atoms with Gasteiger partial charge in [-0.2, -0.15) is 0 Å². The molecule has 0 bridgehead atoms. The Morgan fingerprint density at radius 3 is 3.06 bits per heavy atom. The van der Waals surface area contributed by atoms with Gasteiger partial charge in [-0.05, 0) is 37.4 Å². The topological polar surface area (TPSA) is 54.0 Å². The van der Waals surface area contributed by atoms with Crippen molar-refractivity contribution < 1.29 is 4.79 Å². The molecule has 1 aromatic heterocycles. The number of carbonyl (C=O) groups is 1. The van der Waals surface area contributed by atoms with Crippen LogP contribution in [-0.2, 0) is 11.2 Å². The number of amides is 1. The summed E-state index contributed by atoms with van der Waals surface area (Å²) in [6, 6.07) is 3.80. The molecule has 1 saturated heterocycles. The normalized spacial score (nSPS) is 19.7. The maximum atomic E-state index is 11.8. The minimum Gasteiger partial charge on any atom is -0.309 e. The third kappa shape index (κ3) is 2.58. The summed E-state index contributed by atoms with van der Waals surface area (Å²) in [7, 11) is 0. The first-order chi connectivity index (χ1) is 7.79. The second-order valence-corrected chi connectivity index (χ2v) is 4.04. The number of nitrogens with zero attached hydrogens (tertiary/aromatic N) is 1. The Hall–Kier alpha value is -1.42. The summed E-state index contributed by atoms with van der Waals surface area (Å²) in [6.45, 7) is 3.01. The Balaban J connectivity index is 1.94. The number of rotatable bonds is 3. The molecule has 2 rings (SSSR count). The Bertz CT molecular complexity index is 355. The summed E-state index contributed by atoms with van der Waals surface area (Å²) in [5, 5.41) is 5.98. The monoisotopic (exact) mass is 219 g/mol. The van der Waals surface area contributed by atoms with Crippen LogP contribution >= 0.6 is 0 Å². The SMILES string of the molecule is CCc1ccc(NC(=O)[C@@H]2CCCN2)nc1. The van der Waals surface area contributed by atoms with Crippen molar-refractivity contribution in [1.29, 1.82) is 0 Å². The first kappa shape index (κ1) is 11.1. The van der Waals surface area contributed by atoms with Gasteiger partial charge >= 0.3 is 0 Å². The first-order valence-corrected chi connectivity index (χ1v) is 5.79. The molecule has 1 atom stereocenters. The maximum absolute atomic E-state index is 11.8. The van der Waals surface area contributed by atoms with Gasteiger partial charge in [0.2, 0.25) is 5.91 Å². The van der Waals surface area contributed by atoms with E-state index < -0.39 is 0 Å². The van der Waals surface area contributed by atoms with E-state index in [0.29, 0.717) is 5.82 Å². The lowest BCUT2D eigenvalue weighted by atomic mass is 10.2. The van der Waals surface area contributed by atoms with Crippen LogP contribution in [0.25, 0.3) is 0 Å². The maximum Gasteiger partial charge on any atom is 0.242 e. The van der Waals surface area contributed by atoms with Crippen molar-refractivity contribution in [3.8, 4) is 0 Å². The van der Waals surface area contributed by atoms with E-state index in [1.165, 1.54) is 5.56 Å². The number of carbonyl (C=O) groups excluding carboxylic acids is 1. The van der Waals surface area contributed by atoms with Gasteiger partial charge in [-0.15, -0.1) is 0 Å². The quantitative estimate of drug-likeness (QED) is 0.806. The molecule has 0 aromatic carbocycles. The second-order valence-electron chi connectivity index (χ2n) is 4.04. The van der Waals surface area contributed by atoms with Crippen molar-refractivity contribution in [1.82, 2.24) is 10.3 Å². The highest BCUT2D eigenvalue weighted by atomic mass is 16.2. The average molecular weight is 219 g/mol. The van der Waals surface area contributed by atoms with Crippen molar-refractivity contribution >= 4 is 11.7 Å². The van der Waals surface area contributed by atoms with Gasteiger partial charge in [0.15, 0.2) is 0 Å². The molecule has 0 radical (unpaired) electrons. The van der Waals surface area contributed by atoms with E-state index in [1.54, 1.807) is 6.20 Å². The summed E-state index contributed by atoms with van der Waals surface area (Å²) in [6.07, 6.45) is 4.75. The standard InChI is InChI=1S/C12H17N3O/c1-2-9-5-6-11(14-8-9)15-12(16)10-4-3-7-13-10/h5-6,8,10,13H,2-4,7H2,1H3,(H,14,15,16)/t10-/m0/s1. The van der Waals surface area contributed by atoms with Crippen LogP contribution in [0, 0.1) is 0 Å². The van der Waals surface area contributed by atoms with Crippen molar-refractivity contribution in [2.24, 2.45) is 0 Å². The van der Waals surface area contributed by atoms with Gasteiger partial charge in [0.1, 0.15) is 5.82 Å². The molecule has 86 valence electrons.